The van der Waals surface area contributed by atoms with E-state index in [2.05, 4.69) is 135 Å². The molecule has 9 nitrogen and oxygen atoms in total. The van der Waals surface area contributed by atoms with Gasteiger partial charge in [-0.15, -0.1) is 0 Å². The van der Waals surface area contributed by atoms with E-state index in [0.29, 0.717) is 17.4 Å². The van der Waals surface area contributed by atoms with Gasteiger partial charge in [0.2, 0.25) is 0 Å². The van der Waals surface area contributed by atoms with Gasteiger partial charge in [-0.05, 0) is 109 Å². The minimum absolute atomic E-state index is 0.0371. The lowest BCUT2D eigenvalue weighted by Crippen LogP contribution is -2.37. The summed E-state index contributed by atoms with van der Waals surface area (Å²) in [4.78, 5) is 38.2. The third-order valence-corrected chi connectivity index (χ3v) is 19.4. The number of phosphoric ester groups is 1. The van der Waals surface area contributed by atoms with Gasteiger partial charge < -0.3 is 27.9 Å². The van der Waals surface area contributed by atoms with Crippen molar-refractivity contribution in [3.8, 4) is 0 Å². The molecule has 0 aromatic heterocycles. The first-order chi connectivity index (χ1) is 49.0. The number of carbonyl (C=O) groups excluding carboxylic acids is 2. The van der Waals surface area contributed by atoms with E-state index < -0.39 is 26.5 Å². The summed E-state index contributed by atoms with van der Waals surface area (Å²) in [6, 6.07) is 0. The zero-order chi connectivity index (χ0) is 72.5. The molecule has 0 heterocycles. The molecule has 0 rings (SSSR count). The lowest BCUT2D eigenvalue weighted by atomic mass is 10.0. The Hall–Kier alpha value is -3.59. The molecule has 0 radical (unpaired) electrons. The van der Waals surface area contributed by atoms with Gasteiger partial charge in [0, 0.05) is 12.8 Å². The van der Waals surface area contributed by atoms with Gasteiger partial charge in [-0.25, -0.2) is 0 Å². The first kappa shape index (κ1) is 96.4. The summed E-state index contributed by atoms with van der Waals surface area (Å²) in [5.74, 6) is -0.838. The number of rotatable bonds is 78. The normalized spacial score (nSPS) is 13.6. The van der Waals surface area contributed by atoms with Crippen LogP contribution in [0.4, 0.5) is 0 Å². The molecular formula is C90H160NO8P. The largest absolute Gasteiger partial charge is 0.756 e. The van der Waals surface area contributed by atoms with Crippen molar-refractivity contribution < 1.29 is 42.1 Å². The topological polar surface area (TPSA) is 111 Å². The summed E-state index contributed by atoms with van der Waals surface area (Å²) in [5, 5.41) is 0. The molecule has 10 heteroatoms. The number of carbonyl (C=O) groups is 2. The van der Waals surface area contributed by atoms with Gasteiger partial charge in [0.1, 0.15) is 19.8 Å². The molecule has 2 unspecified atom stereocenters. The molecular weight excluding hydrogens is 1250 g/mol. The van der Waals surface area contributed by atoms with Gasteiger partial charge in [0.25, 0.3) is 7.82 Å². The van der Waals surface area contributed by atoms with E-state index in [1.165, 1.54) is 250 Å². The Kier molecular flexibility index (Phi) is 76.7. The Balaban J connectivity index is 3.96. The highest BCUT2D eigenvalue weighted by atomic mass is 31.2. The van der Waals surface area contributed by atoms with Crippen molar-refractivity contribution in [3.05, 3.63) is 122 Å². The summed E-state index contributed by atoms with van der Waals surface area (Å²) in [6.07, 6.45) is 115. The maximum Gasteiger partial charge on any atom is 0.306 e. The summed E-state index contributed by atoms with van der Waals surface area (Å²) in [5.41, 5.74) is 0. The van der Waals surface area contributed by atoms with Crippen molar-refractivity contribution >= 4 is 19.8 Å². The van der Waals surface area contributed by atoms with Crippen LogP contribution in [0.5, 0.6) is 0 Å². The van der Waals surface area contributed by atoms with Crippen LogP contribution in [0, 0.1) is 0 Å². The van der Waals surface area contributed by atoms with E-state index in [9.17, 15) is 19.0 Å². The van der Waals surface area contributed by atoms with Gasteiger partial charge in [0.05, 0.1) is 27.7 Å². The van der Waals surface area contributed by atoms with Crippen LogP contribution in [0.15, 0.2) is 122 Å². The maximum absolute atomic E-state index is 12.9. The number of hydrogen-bond donors (Lipinski definition) is 0. The smallest absolute Gasteiger partial charge is 0.306 e. The predicted octanol–water partition coefficient (Wildman–Crippen LogP) is 27.9. The molecule has 0 saturated heterocycles. The summed E-state index contributed by atoms with van der Waals surface area (Å²) in [7, 11) is 1.16. The van der Waals surface area contributed by atoms with Crippen LogP contribution < -0.4 is 4.89 Å². The number of quaternary nitrogens is 1. The first-order valence-electron chi connectivity index (χ1n) is 42.2. The number of phosphoric acid groups is 1. The molecule has 0 spiro atoms. The number of nitrogens with zero attached hydrogens (tertiary/aromatic N) is 1. The third kappa shape index (κ3) is 83.4. The first-order valence-corrected chi connectivity index (χ1v) is 43.7. The average molecular weight is 1420 g/mol. The molecule has 0 fully saturated rings. The molecule has 0 aliphatic heterocycles. The van der Waals surface area contributed by atoms with Crippen molar-refractivity contribution in [2.45, 2.75) is 392 Å². The van der Waals surface area contributed by atoms with Gasteiger partial charge in [0.15, 0.2) is 6.10 Å². The summed E-state index contributed by atoms with van der Waals surface area (Å²) >= 11 is 0. The van der Waals surface area contributed by atoms with Crippen LogP contribution in [0.1, 0.15) is 386 Å². The number of unbranched alkanes of at least 4 members (excludes halogenated alkanes) is 44. The van der Waals surface area contributed by atoms with Crippen LogP contribution in [-0.2, 0) is 32.7 Å². The average Bonchev–Trinajstić information content (AvgIpc) is 1.65. The van der Waals surface area contributed by atoms with E-state index in [0.717, 1.165) is 103 Å². The van der Waals surface area contributed by atoms with Crippen molar-refractivity contribution in [3.63, 3.8) is 0 Å². The van der Waals surface area contributed by atoms with Crippen LogP contribution in [0.2, 0.25) is 0 Å². The van der Waals surface area contributed by atoms with Crippen LogP contribution in [-0.4, -0.2) is 70.0 Å². The van der Waals surface area contributed by atoms with E-state index in [-0.39, 0.29) is 32.0 Å². The molecule has 0 aromatic carbocycles. The van der Waals surface area contributed by atoms with E-state index in [1.807, 2.05) is 21.1 Å². The second-order valence-electron chi connectivity index (χ2n) is 29.5. The molecule has 0 amide bonds. The second-order valence-corrected chi connectivity index (χ2v) is 30.9. The molecule has 578 valence electrons. The van der Waals surface area contributed by atoms with E-state index >= 15 is 0 Å². The zero-order valence-electron chi connectivity index (χ0n) is 66.1. The van der Waals surface area contributed by atoms with Gasteiger partial charge in [-0.3, -0.25) is 14.2 Å². The molecule has 0 aromatic rings. The molecule has 0 aliphatic carbocycles. The quantitative estimate of drug-likeness (QED) is 0.0195. The van der Waals surface area contributed by atoms with Crippen LogP contribution in [0.3, 0.4) is 0 Å². The highest BCUT2D eigenvalue weighted by molar-refractivity contribution is 7.45. The maximum atomic E-state index is 12.9. The minimum Gasteiger partial charge on any atom is -0.756 e. The molecule has 0 aliphatic rings. The molecule has 2 atom stereocenters. The highest BCUT2D eigenvalue weighted by Crippen LogP contribution is 2.38. The molecule has 0 N–H and O–H groups in total. The predicted molar refractivity (Wildman–Crippen MR) is 434 cm³/mol. The molecule has 0 saturated carbocycles. The third-order valence-electron chi connectivity index (χ3n) is 18.5. The SMILES string of the molecule is CC/C=C\C/C=C\C/C=C\C/C=C\C/C=C\C/C=C\C/C=C\C/C=C\C/C=C\CCCCCCCCCC(=O)OC(COC(=O)CCCCCCCCCCCCCCCCCCCCCCCCCCCCCCC/C=C\CCCCCCCCCC)COP(=O)([O-])OCC[N+](C)(C)C. The monoisotopic (exact) mass is 1410 g/mol. The van der Waals surface area contributed by atoms with E-state index in [4.69, 9.17) is 18.5 Å². The fourth-order valence-corrected chi connectivity index (χ4v) is 12.8. The van der Waals surface area contributed by atoms with Crippen molar-refractivity contribution in [2.75, 3.05) is 47.5 Å². The highest BCUT2D eigenvalue weighted by Gasteiger charge is 2.22. The fraction of sp³-hybridized carbons (Fsp3) is 0.756. The summed E-state index contributed by atoms with van der Waals surface area (Å²) < 4.78 is 34.4. The van der Waals surface area contributed by atoms with Crippen LogP contribution in [0.25, 0.3) is 0 Å². The van der Waals surface area contributed by atoms with Gasteiger partial charge in [-0.2, -0.15) is 0 Å². The number of esters is 2. The van der Waals surface area contributed by atoms with Gasteiger partial charge >= 0.3 is 11.9 Å². The second kappa shape index (κ2) is 79.5. The lowest BCUT2D eigenvalue weighted by molar-refractivity contribution is -0.870. The number of likely N-dealkylation sites (N-methyl/N-ethyl adjacent to an activating group) is 1. The number of allylic oxidation sites excluding steroid dienone is 20. The van der Waals surface area contributed by atoms with Crippen molar-refractivity contribution in [1.82, 2.24) is 0 Å². The number of hydrogen-bond acceptors (Lipinski definition) is 8. The Labute approximate surface area is 619 Å². The Morgan fingerprint density at radius 3 is 0.860 bits per heavy atom. The Morgan fingerprint density at radius 2 is 0.570 bits per heavy atom. The molecule has 100 heavy (non-hydrogen) atoms. The van der Waals surface area contributed by atoms with Gasteiger partial charge in [-0.1, -0.05) is 386 Å². The van der Waals surface area contributed by atoms with Crippen LogP contribution >= 0.6 is 7.82 Å². The minimum atomic E-state index is -4.66. The molecule has 0 bridgehead atoms. The number of ether oxygens (including phenoxy) is 2. The van der Waals surface area contributed by atoms with Crippen molar-refractivity contribution in [2.24, 2.45) is 0 Å². The summed E-state index contributed by atoms with van der Waals surface area (Å²) in [6.45, 7) is 4.15. The fourth-order valence-electron chi connectivity index (χ4n) is 12.1. The Bertz CT molecular complexity index is 2110. The lowest BCUT2D eigenvalue weighted by Gasteiger charge is -2.28. The van der Waals surface area contributed by atoms with Crippen molar-refractivity contribution in [1.29, 1.82) is 0 Å². The van der Waals surface area contributed by atoms with E-state index in [1.54, 1.807) is 0 Å². The standard InChI is InChI=1S/C90H160NO8P/c1-6-8-10-12-14-16-18-20-22-24-26-28-30-32-34-36-38-40-42-43-44-45-46-47-49-50-52-54-56-58-60-62-64-66-68-70-72-74-76-78-80-82-89(92)96-86-88(87-98-100(94,95)97-85-84-91(3,4)5)99-90(93)83-81-79-77-75-73-71-69-67-65-63-61-59-57-55-53-51-48-41-39-37-35-33-31-29-27-25-23-21-19-17-15-13-11-9-7-2/h9,11,15,17,21,23-24,26-27,29,33,35,39,41,51,53,57,59,63,65,88H,6-8,10,12-14,16,18-20,22,25,28,30-32,34,36-38,40,42-50,52,54-56,58,60-62,64,66-87H2,1-5H3/b11-9-,17-15-,23-21-,26-24-,29-27-,35-33-,41-39-,53-51-,59-57-,65-63-. The Morgan fingerprint density at radius 1 is 0.320 bits per heavy atom. The zero-order valence-corrected chi connectivity index (χ0v) is 67.0.